The molecule has 1 aromatic heterocycles. The summed E-state index contributed by atoms with van der Waals surface area (Å²) in [7, 11) is 0. The lowest BCUT2D eigenvalue weighted by Gasteiger charge is -1.85. The zero-order valence-electron chi connectivity index (χ0n) is 5.37. The van der Waals surface area contributed by atoms with Crippen molar-refractivity contribution in [3.63, 3.8) is 0 Å². The van der Waals surface area contributed by atoms with Crippen molar-refractivity contribution in [3.05, 3.63) is 24.5 Å². The number of carbonyl (C=O) groups is 1. The molecule has 0 bridgehead atoms. The number of nitrogens with one attached hydrogen (secondary N) is 1. The lowest BCUT2D eigenvalue weighted by Crippen LogP contribution is -1.96. The van der Waals surface area contributed by atoms with Crippen LogP contribution in [0.2, 0.25) is 0 Å². The number of H-pyrrole nitrogens is 1. The normalized spacial score (nSPS) is 9.20. The van der Waals surface area contributed by atoms with Gasteiger partial charge in [0.25, 0.3) is 0 Å². The van der Waals surface area contributed by atoms with Gasteiger partial charge < -0.3 is 0 Å². The summed E-state index contributed by atoms with van der Waals surface area (Å²) in [6.07, 6.45) is 3.25. The molecule has 0 saturated heterocycles. The summed E-state index contributed by atoms with van der Waals surface area (Å²) in [6, 6.07) is 0. The average molecular weight is 137 g/mol. The van der Waals surface area contributed by atoms with Gasteiger partial charge in [-0.25, -0.2) is 0 Å². The van der Waals surface area contributed by atoms with Gasteiger partial charge in [0.15, 0.2) is 5.78 Å². The van der Waals surface area contributed by atoms with Crippen LogP contribution < -0.4 is 0 Å². The van der Waals surface area contributed by atoms with E-state index in [0.717, 1.165) is 0 Å². The highest BCUT2D eigenvalue weighted by molar-refractivity contribution is 5.94. The van der Waals surface area contributed by atoms with E-state index in [0.29, 0.717) is 12.1 Å². The van der Waals surface area contributed by atoms with Gasteiger partial charge in [-0.1, -0.05) is 6.08 Å². The number of hydrogen-bond acceptors (Lipinski definition) is 3. The van der Waals surface area contributed by atoms with Crippen molar-refractivity contribution >= 4 is 5.78 Å². The molecular formula is C6H7N3O. The predicted octanol–water partition coefficient (Wildman–Crippen LogP) is 0.563. The molecule has 0 saturated carbocycles. The molecule has 4 nitrogen and oxygen atoms in total. The van der Waals surface area contributed by atoms with E-state index < -0.39 is 0 Å². The number of carbonyl (C=O) groups excluding carboxylic acids is 1. The number of ketones is 1. The summed E-state index contributed by atoms with van der Waals surface area (Å²) < 4.78 is 0. The Labute approximate surface area is 57.9 Å². The molecule has 0 aliphatic heterocycles. The van der Waals surface area contributed by atoms with Crippen molar-refractivity contribution in [1.29, 1.82) is 0 Å². The Morgan fingerprint density at radius 2 is 2.70 bits per heavy atom. The number of rotatable bonds is 3. The molecule has 1 heterocycles. The minimum atomic E-state index is -0.0660. The van der Waals surface area contributed by atoms with Gasteiger partial charge in [0.05, 0.1) is 6.20 Å². The topological polar surface area (TPSA) is 58.6 Å². The van der Waals surface area contributed by atoms with Crippen molar-refractivity contribution < 1.29 is 4.79 Å². The Hall–Kier alpha value is -1.45. The van der Waals surface area contributed by atoms with E-state index in [1.54, 1.807) is 0 Å². The molecule has 1 rings (SSSR count). The molecule has 0 radical (unpaired) electrons. The fourth-order valence-corrected chi connectivity index (χ4v) is 0.572. The molecule has 0 unspecified atom stereocenters. The Morgan fingerprint density at radius 1 is 1.90 bits per heavy atom. The molecule has 0 atom stereocenters. The molecular weight excluding hydrogens is 130 g/mol. The fraction of sp³-hybridized carbons (Fsp3) is 0.167. The van der Waals surface area contributed by atoms with Gasteiger partial charge in [0.1, 0.15) is 5.69 Å². The summed E-state index contributed by atoms with van der Waals surface area (Å²) in [5, 5.41) is 9.45. The number of Topliss-reactive ketones (excluding diaryl/α,β-unsaturated/α-hetero) is 1. The average Bonchev–Trinajstić information content (AvgIpc) is 2.38. The molecule has 1 N–H and O–H groups in total. The van der Waals surface area contributed by atoms with Gasteiger partial charge in [0, 0.05) is 6.42 Å². The van der Waals surface area contributed by atoms with Gasteiger partial charge in [-0.2, -0.15) is 15.4 Å². The van der Waals surface area contributed by atoms with Crippen molar-refractivity contribution in [3.8, 4) is 0 Å². The molecule has 1 aromatic rings. The van der Waals surface area contributed by atoms with Gasteiger partial charge in [-0.05, 0) is 0 Å². The Bertz CT molecular complexity index is 227. The van der Waals surface area contributed by atoms with E-state index in [-0.39, 0.29) is 5.78 Å². The van der Waals surface area contributed by atoms with Crippen LogP contribution in [0.3, 0.4) is 0 Å². The second-order valence-corrected chi connectivity index (χ2v) is 1.77. The fourth-order valence-electron chi connectivity index (χ4n) is 0.572. The highest BCUT2D eigenvalue weighted by atomic mass is 16.1. The quantitative estimate of drug-likeness (QED) is 0.489. The van der Waals surface area contributed by atoms with Crippen molar-refractivity contribution in [2.75, 3.05) is 0 Å². The van der Waals surface area contributed by atoms with Gasteiger partial charge in [0.2, 0.25) is 0 Å². The van der Waals surface area contributed by atoms with Crippen LogP contribution in [0.4, 0.5) is 0 Å². The lowest BCUT2D eigenvalue weighted by atomic mass is 10.2. The number of nitrogens with zero attached hydrogens (tertiary/aromatic N) is 2. The monoisotopic (exact) mass is 137 g/mol. The van der Waals surface area contributed by atoms with Crippen molar-refractivity contribution in [2.45, 2.75) is 6.42 Å². The van der Waals surface area contributed by atoms with Crippen LogP contribution in [-0.4, -0.2) is 21.2 Å². The van der Waals surface area contributed by atoms with Crippen LogP contribution in [0.15, 0.2) is 18.9 Å². The number of aromatic nitrogens is 3. The molecule has 0 aromatic carbocycles. The van der Waals surface area contributed by atoms with Crippen LogP contribution in [0.5, 0.6) is 0 Å². The molecule has 10 heavy (non-hydrogen) atoms. The van der Waals surface area contributed by atoms with Gasteiger partial charge in [-0.3, -0.25) is 4.79 Å². The smallest absolute Gasteiger partial charge is 0.188 e. The second-order valence-electron chi connectivity index (χ2n) is 1.77. The maximum Gasteiger partial charge on any atom is 0.188 e. The van der Waals surface area contributed by atoms with Crippen LogP contribution in [-0.2, 0) is 0 Å². The van der Waals surface area contributed by atoms with E-state index >= 15 is 0 Å². The molecule has 0 fully saturated rings. The van der Waals surface area contributed by atoms with Crippen molar-refractivity contribution in [1.82, 2.24) is 15.4 Å². The zero-order valence-corrected chi connectivity index (χ0v) is 5.37. The second kappa shape index (κ2) is 2.91. The Balaban J connectivity index is 2.68. The standard InChI is InChI=1S/C6H7N3O/c1-2-3-6(10)5-4-7-9-8-5/h2,4H,1,3H2,(H,7,8,9). The summed E-state index contributed by atoms with van der Waals surface area (Å²) in [6.45, 7) is 3.43. The highest BCUT2D eigenvalue weighted by Crippen LogP contribution is 1.95. The highest BCUT2D eigenvalue weighted by Gasteiger charge is 2.04. The Kier molecular flexibility index (Phi) is 1.94. The third kappa shape index (κ3) is 1.28. The Morgan fingerprint density at radius 3 is 3.20 bits per heavy atom. The van der Waals surface area contributed by atoms with E-state index in [1.165, 1.54) is 12.3 Å². The van der Waals surface area contributed by atoms with E-state index in [4.69, 9.17) is 0 Å². The third-order valence-corrected chi connectivity index (χ3v) is 1.03. The molecule has 4 heteroatoms. The zero-order chi connectivity index (χ0) is 7.40. The lowest BCUT2D eigenvalue weighted by molar-refractivity contribution is 0.0991. The third-order valence-electron chi connectivity index (χ3n) is 1.03. The largest absolute Gasteiger partial charge is 0.292 e. The van der Waals surface area contributed by atoms with Crippen LogP contribution >= 0.6 is 0 Å². The minimum Gasteiger partial charge on any atom is -0.292 e. The van der Waals surface area contributed by atoms with E-state index in [2.05, 4.69) is 22.0 Å². The van der Waals surface area contributed by atoms with Crippen LogP contribution in [0.25, 0.3) is 0 Å². The predicted molar refractivity (Wildman–Crippen MR) is 35.5 cm³/mol. The number of aromatic amines is 1. The summed E-state index contributed by atoms with van der Waals surface area (Å²) in [4.78, 5) is 10.9. The molecule has 0 spiro atoms. The number of hydrogen-bond donors (Lipinski definition) is 1. The minimum absolute atomic E-state index is 0.0660. The first-order valence-corrected chi connectivity index (χ1v) is 2.84. The summed E-state index contributed by atoms with van der Waals surface area (Å²) >= 11 is 0. The van der Waals surface area contributed by atoms with Gasteiger partial charge in [-0.15, -0.1) is 6.58 Å². The first-order valence-electron chi connectivity index (χ1n) is 2.84. The number of allylic oxidation sites excluding steroid dienone is 1. The van der Waals surface area contributed by atoms with Crippen LogP contribution in [0.1, 0.15) is 16.9 Å². The molecule has 52 valence electrons. The first kappa shape index (κ1) is 6.67. The maximum absolute atomic E-state index is 10.9. The van der Waals surface area contributed by atoms with E-state index in [1.807, 2.05) is 0 Å². The summed E-state index contributed by atoms with van der Waals surface area (Å²) in [5.74, 6) is -0.0660. The SMILES string of the molecule is C=CCC(=O)c1cn[nH]n1. The van der Waals surface area contributed by atoms with Crippen molar-refractivity contribution in [2.24, 2.45) is 0 Å². The van der Waals surface area contributed by atoms with Gasteiger partial charge >= 0.3 is 0 Å². The van der Waals surface area contributed by atoms with E-state index in [9.17, 15) is 4.79 Å². The first-order chi connectivity index (χ1) is 4.84. The van der Waals surface area contributed by atoms with Crippen LogP contribution in [0, 0.1) is 0 Å². The molecule has 0 aliphatic rings. The molecule has 0 amide bonds. The molecule has 0 aliphatic carbocycles. The maximum atomic E-state index is 10.9. The summed E-state index contributed by atoms with van der Waals surface area (Å²) in [5.41, 5.74) is 0.361.